The van der Waals surface area contributed by atoms with Gasteiger partial charge in [0.15, 0.2) is 0 Å². The highest BCUT2D eigenvalue weighted by molar-refractivity contribution is 6.30. The third-order valence-corrected chi connectivity index (χ3v) is 8.09. The number of benzene rings is 2. The van der Waals surface area contributed by atoms with Crippen molar-refractivity contribution in [2.24, 2.45) is 0 Å². The topological polar surface area (TPSA) is 94.8 Å². The summed E-state index contributed by atoms with van der Waals surface area (Å²) in [5, 5.41) is 0.333. The van der Waals surface area contributed by atoms with E-state index in [9.17, 15) is 9.18 Å². The van der Waals surface area contributed by atoms with Gasteiger partial charge in [0, 0.05) is 49.1 Å². The van der Waals surface area contributed by atoms with Crippen molar-refractivity contribution in [1.82, 2.24) is 24.4 Å². The van der Waals surface area contributed by atoms with Gasteiger partial charge in [-0.05, 0) is 49.7 Å². The maximum absolute atomic E-state index is 14.1. The van der Waals surface area contributed by atoms with E-state index in [2.05, 4.69) is 31.3 Å². The van der Waals surface area contributed by atoms with Crippen molar-refractivity contribution in [2.75, 3.05) is 38.3 Å². The van der Waals surface area contributed by atoms with Crippen LogP contribution in [0.2, 0.25) is 5.02 Å². The number of halogens is 2. The SMILES string of the molecule is COC(=O)c1ccc2nc(CN3CCN(c4ccnc(OCc5ccc(Cl)cc5F)n4)C[C@@H]3C)n(C[C@@H]3CCO3)c2c1. The monoisotopic (exact) mass is 594 g/mol. The van der Waals surface area contributed by atoms with Crippen LogP contribution in [0.4, 0.5) is 10.2 Å². The molecule has 0 saturated carbocycles. The minimum atomic E-state index is -0.429. The molecule has 2 aliphatic rings. The Morgan fingerprint density at radius 2 is 2.02 bits per heavy atom. The molecule has 0 amide bonds. The van der Waals surface area contributed by atoms with E-state index in [-0.39, 0.29) is 30.7 Å². The first-order valence-corrected chi connectivity index (χ1v) is 14.3. The number of imidazole rings is 1. The van der Waals surface area contributed by atoms with Crippen molar-refractivity contribution in [3.63, 3.8) is 0 Å². The lowest BCUT2D eigenvalue weighted by atomic mass is 10.1. The number of anilines is 1. The Hall–Kier alpha value is -3.80. The van der Waals surface area contributed by atoms with Gasteiger partial charge in [-0.1, -0.05) is 17.7 Å². The van der Waals surface area contributed by atoms with E-state index in [1.165, 1.54) is 13.2 Å². The molecule has 2 aromatic carbocycles. The highest BCUT2D eigenvalue weighted by Gasteiger charge is 2.28. The van der Waals surface area contributed by atoms with E-state index < -0.39 is 5.82 Å². The maximum atomic E-state index is 14.1. The summed E-state index contributed by atoms with van der Waals surface area (Å²) in [4.78, 5) is 30.5. The summed E-state index contributed by atoms with van der Waals surface area (Å²) in [6.07, 6.45) is 2.80. The van der Waals surface area contributed by atoms with Crippen molar-refractivity contribution < 1.29 is 23.4 Å². The molecule has 6 rings (SSSR count). The lowest BCUT2D eigenvalue weighted by Gasteiger charge is -2.40. The van der Waals surface area contributed by atoms with Crippen LogP contribution in [0.3, 0.4) is 0 Å². The lowest BCUT2D eigenvalue weighted by Crippen LogP contribution is -2.52. The van der Waals surface area contributed by atoms with Crippen LogP contribution >= 0.6 is 11.6 Å². The van der Waals surface area contributed by atoms with E-state index >= 15 is 0 Å². The van der Waals surface area contributed by atoms with Crippen LogP contribution in [0.1, 0.15) is 35.1 Å². The summed E-state index contributed by atoms with van der Waals surface area (Å²) in [7, 11) is 1.39. The quantitative estimate of drug-likeness (QED) is 0.260. The standard InChI is InChI=1S/C30H32ClFN6O4/c1-19-15-37(27-7-9-33-30(35-27)42-18-21-3-5-22(31)14-24(21)32)11-10-36(19)17-28-34-25-6-4-20(29(39)40-2)13-26(25)38(28)16-23-8-12-41-23/h3-7,9,13-14,19,23H,8,10-12,15-18H2,1-2H3/t19-,23-/m0/s1. The summed E-state index contributed by atoms with van der Waals surface area (Å²) in [6.45, 7) is 6.62. The van der Waals surface area contributed by atoms with Crippen molar-refractivity contribution in [3.05, 3.63) is 76.5 Å². The van der Waals surface area contributed by atoms with Crippen LogP contribution in [0.5, 0.6) is 6.01 Å². The Morgan fingerprint density at radius 3 is 2.76 bits per heavy atom. The number of piperazine rings is 1. The van der Waals surface area contributed by atoms with Crippen LogP contribution in [0.25, 0.3) is 11.0 Å². The molecule has 0 aliphatic carbocycles. The van der Waals surface area contributed by atoms with Crippen LogP contribution in [-0.2, 0) is 29.2 Å². The number of carbonyl (C=O) groups excluding carboxylic acids is 1. The number of rotatable bonds is 9. The zero-order valence-corrected chi connectivity index (χ0v) is 24.3. The smallest absolute Gasteiger partial charge is 0.337 e. The molecule has 2 fully saturated rings. The van der Waals surface area contributed by atoms with Crippen molar-refractivity contribution in [3.8, 4) is 6.01 Å². The maximum Gasteiger partial charge on any atom is 0.337 e. The highest BCUT2D eigenvalue weighted by atomic mass is 35.5. The fourth-order valence-electron chi connectivity index (χ4n) is 5.35. The number of carbonyl (C=O) groups is 1. The van der Waals surface area contributed by atoms with E-state index in [4.69, 9.17) is 30.8 Å². The van der Waals surface area contributed by atoms with Gasteiger partial charge in [0.05, 0.1) is 42.9 Å². The van der Waals surface area contributed by atoms with E-state index in [1.807, 2.05) is 18.2 Å². The fraction of sp³-hybridized carbons (Fsp3) is 0.400. The van der Waals surface area contributed by atoms with Crippen LogP contribution in [0, 0.1) is 5.82 Å². The van der Waals surface area contributed by atoms with Crippen molar-refractivity contribution in [2.45, 2.75) is 45.2 Å². The molecule has 0 unspecified atom stereocenters. The summed E-state index contributed by atoms with van der Waals surface area (Å²) in [5.74, 6) is 0.898. The number of fused-ring (bicyclic) bond motifs is 1. The molecule has 4 heterocycles. The molecule has 2 saturated heterocycles. The first kappa shape index (κ1) is 28.3. The Balaban J connectivity index is 1.14. The van der Waals surface area contributed by atoms with Gasteiger partial charge < -0.3 is 23.7 Å². The molecule has 0 bridgehead atoms. The Bertz CT molecular complexity index is 1600. The summed E-state index contributed by atoms with van der Waals surface area (Å²) in [6, 6.07) is 12.2. The average Bonchev–Trinajstić information content (AvgIpc) is 3.31. The Kier molecular flexibility index (Phi) is 8.23. The van der Waals surface area contributed by atoms with E-state index in [0.717, 1.165) is 55.3 Å². The number of hydrogen-bond donors (Lipinski definition) is 0. The van der Waals surface area contributed by atoms with Gasteiger partial charge >= 0.3 is 12.0 Å². The lowest BCUT2D eigenvalue weighted by molar-refractivity contribution is -0.0592. The predicted octanol–water partition coefficient (Wildman–Crippen LogP) is 4.48. The van der Waals surface area contributed by atoms with Gasteiger partial charge in [-0.2, -0.15) is 4.98 Å². The summed E-state index contributed by atoms with van der Waals surface area (Å²) < 4.78 is 32.7. The second-order valence-corrected chi connectivity index (χ2v) is 11.0. The second kappa shape index (κ2) is 12.2. The second-order valence-electron chi connectivity index (χ2n) is 10.6. The van der Waals surface area contributed by atoms with Gasteiger partial charge in [0.1, 0.15) is 24.1 Å². The normalized spacial score (nSPS) is 19.1. The fourth-order valence-corrected chi connectivity index (χ4v) is 5.51. The molecule has 0 radical (unpaired) electrons. The first-order valence-electron chi connectivity index (χ1n) is 14.0. The van der Waals surface area contributed by atoms with Crippen molar-refractivity contribution >= 4 is 34.4 Å². The molecule has 42 heavy (non-hydrogen) atoms. The zero-order chi connectivity index (χ0) is 29.2. The number of hydrogen-bond acceptors (Lipinski definition) is 9. The minimum Gasteiger partial charge on any atom is -0.465 e. The third-order valence-electron chi connectivity index (χ3n) is 7.85. The van der Waals surface area contributed by atoms with Crippen LogP contribution in [-0.4, -0.2) is 75.9 Å². The molecular formula is C30H32ClFN6O4. The first-order chi connectivity index (χ1) is 20.4. The molecular weight excluding hydrogens is 563 g/mol. The number of methoxy groups -OCH3 is 1. The van der Waals surface area contributed by atoms with Gasteiger partial charge in [-0.15, -0.1) is 0 Å². The number of esters is 1. The van der Waals surface area contributed by atoms with Gasteiger partial charge in [-0.25, -0.2) is 19.2 Å². The molecule has 220 valence electrons. The Morgan fingerprint density at radius 1 is 1.17 bits per heavy atom. The van der Waals surface area contributed by atoms with Gasteiger partial charge in [0.2, 0.25) is 0 Å². The predicted molar refractivity (Wildman–Crippen MR) is 155 cm³/mol. The molecule has 10 nitrogen and oxygen atoms in total. The van der Waals surface area contributed by atoms with Crippen LogP contribution < -0.4 is 9.64 Å². The van der Waals surface area contributed by atoms with Crippen molar-refractivity contribution in [1.29, 1.82) is 0 Å². The molecule has 4 aromatic rings. The number of aromatic nitrogens is 4. The third kappa shape index (κ3) is 6.04. The Labute approximate surface area is 248 Å². The molecule has 2 aliphatic heterocycles. The largest absolute Gasteiger partial charge is 0.465 e. The average molecular weight is 595 g/mol. The molecule has 12 heteroatoms. The summed E-state index contributed by atoms with van der Waals surface area (Å²) >= 11 is 5.84. The number of ether oxygens (including phenoxy) is 3. The molecule has 2 aromatic heterocycles. The van der Waals surface area contributed by atoms with Crippen LogP contribution in [0.15, 0.2) is 48.7 Å². The number of nitrogens with zero attached hydrogens (tertiary/aromatic N) is 6. The molecule has 0 N–H and O–H groups in total. The van der Waals surface area contributed by atoms with Gasteiger partial charge in [0.25, 0.3) is 0 Å². The minimum absolute atomic E-state index is 0.00462. The van der Waals surface area contributed by atoms with Gasteiger partial charge in [-0.3, -0.25) is 4.90 Å². The van der Waals surface area contributed by atoms with E-state index in [0.29, 0.717) is 29.2 Å². The van der Waals surface area contributed by atoms with E-state index in [1.54, 1.807) is 24.4 Å². The highest BCUT2D eigenvalue weighted by Crippen LogP contribution is 2.26. The zero-order valence-electron chi connectivity index (χ0n) is 23.5. The molecule has 0 spiro atoms. The molecule has 2 atom stereocenters. The summed E-state index contributed by atoms with van der Waals surface area (Å²) in [5.41, 5.74) is 2.63.